The van der Waals surface area contributed by atoms with Crippen LogP contribution in [0, 0.1) is 5.82 Å². The number of carboxylic acid groups (broad SMARTS) is 1. The van der Waals surface area contributed by atoms with E-state index in [1.807, 2.05) is 6.92 Å². The van der Waals surface area contributed by atoms with Gasteiger partial charge in [0.15, 0.2) is 0 Å². The standard InChI is InChI=1S/C12H15BrFNO2/c1-3-6-15-12(2,11(16)17)8-4-5-10(14)9(13)7-8/h4-5,7,15H,3,6H2,1-2H3,(H,16,17). The van der Waals surface area contributed by atoms with Crippen molar-refractivity contribution >= 4 is 21.9 Å². The minimum atomic E-state index is -1.20. The average molecular weight is 304 g/mol. The molecule has 1 rings (SSSR count). The Morgan fingerprint density at radius 2 is 2.24 bits per heavy atom. The van der Waals surface area contributed by atoms with E-state index in [1.54, 1.807) is 6.92 Å². The van der Waals surface area contributed by atoms with Gasteiger partial charge in [-0.05, 0) is 53.5 Å². The molecule has 1 atom stereocenters. The molecule has 0 aromatic heterocycles. The molecule has 0 fully saturated rings. The van der Waals surface area contributed by atoms with Crippen LogP contribution in [0.15, 0.2) is 22.7 Å². The Kier molecular flexibility index (Phi) is 4.65. The summed E-state index contributed by atoms with van der Waals surface area (Å²) in [6.07, 6.45) is 0.825. The molecule has 17 heavy (non-hydrogen) atoms. The van der Waals surface area contributed by atoms with Gasteiger partial charge < -0.3 is 5.11 Å². The van der Waals surface area contributed by atoms with Gasteiger partial charge in [-0.2, -0.15) is 0 Å². The largest absolute Gasteiger partial charge is 0.480 e. The first-order valence-electron chi connectivity index (χ1n) is 5.35. The van der Waals surface area contributed by atoms with E-state index in [0.717, 1.165) is 6.42 Å². The maximum absolute atomic E-state index is 13.1. The van der Waals surface area contributed by atoms with Gasteiger partial charge in [0.1, 0.15) is 11.4 Å². The third-order valence-corrected chi connectivity index (χ3v) is 3.26. The zero-order valence-corrected chi connectivity index (χ0v) is 11.3. The van der Waals surface area contributed by atoms with Crippen molar-refractivity contribution in [3.05, 3.63) is 34.1 Å². The van der Waals surface area contributed by atoms with Crippen molar-refractivity contribution in [3.8, 4) is 0 Å². The van der Waals surface area contributed by atoms with Crippen LogP contribution in [0.3, 0.4) is 0 Å². The van der Waals surface area contributed by atoms with Gasteiger partial charge in [-0.25, -0.2) is 9.18 Å². The van der Waals surface area contributed by atoms with Gasteiger partial charge in [-0.3, -0.25) is 5.32 Å². The molecule has 0 aliphatic rings. The third kappa shape index (κ3) is 3.04. The van der Waals surface area contributed by atoms with Gasteiger partial charge in [0.2, 0.25) is 0 Å². The van der Waals surface area contributed by atoms with Crippen LogP contribution in [0.5, 0.6) is 0 Å². The number of aliphatic carboxylic acids is 1. The molecule has 94 valence electrons. The zero-order valence-electron chi connectivity index (χ0n) is 9.76. The summed E-state index contributed by atoms with van der Waals surface area (Å²) in [4.78, 5) is 11.4. The van der Waals surface area contributed by atoms with Crippen LogP contribution in [0.25, 0.3) is 0 Å². The first kappa shape index (κ1) is 14.1. The number of hydrogen-bond donors (Lipinski definition) is 2. The third-order valence-electron chi connectivity index (χ3n) is 2.65. The fourth-order valence-corrected chi connectivity index (χ4v) is 1.86. The molecule has 0 amide bonds. The minimum Gasteiger partial charge on any atom is -0.480 e. The van der Waals surface area contributed by atoms with Gasteiger partial charge in [-0.15, -0.1) is 0 Å². The lowest BCUT2D eigenvalue weighted by molar-refractivity contribution is -0.144. The molecule has 0 spiro atoms. The topological polar surface area (TPSA) is 49.3 Å². The lowest BCUT2D eigenvalue weighted by Gasteiger charge is -2.27. The van der Waals surface area contributed by atoms with Gasteiger partial charge in [0, 0.05) is 0 Å². The van der Waals surface area contributed by atoms with E-state index in [1.165, 1.54) is 18.2 Å². The number of nitrogens with one attached hydrogen (secondary N) is 1. The summed E-state index contributed by atoms with van der Waals surface area (Å²) in [5, 5.41) is 12.3. The van der Waals surface area contributed by atoms with Crippen molar-refractivity contribution in [1.29, 1.82) is 0 Å². The van der Waals surface area contributed by atoms with E-state index in [2.05, 4.69) is 21.2 Å². The van der Waals surface area contributed by atoms with E-state index in [-0.39, 0.29) is 4.47 Å². The highest BCUT2D eigenvalue weighted by atomic mass is 79.9. The number of hydrogen-bond acceptors (Lipinski definition) is 2. The number of rotatable bonds is 5. The SMILES string of the molecule is CCCNC(C)(C(=O)O)c1ccc(F)c(Br)c1. The Hall–Kier alpha value is -0.940. The maximum Gasteiger partial charge on any atom is 0.328 e. The maximum atomic E-state index is 13.1. The predicted octanol–water partition coefficient (Wildman–Crippen LogP) is 2.89. The smallest absolute Gasteiger partial charge is 0.328 e. The minimum absolute atomic E-state index is 0.265. The van der Waals surface area contributed by atoms with E-state index in [0.29, 0.717) is 12.1 Å². The summed E-state index contributed by atoms with van der Waals surface area (Å²) < 4.78 is 13.4. The Morgan fingerprint density at radius 3 is 2.71 bits per heavy atom. The van der Waals surface area contributed by atoms with Crippen molar-refractivity contribution in [1.82, 2.24) is 5.32 Å². The molecule has 1 aromatic rings. The van der Waals surface area contributed by atoms with Gasteiger partial charge >= 0.3 is 5.97 Å². The fourth-order valence-electron chi connectivity index (χ4n) is 1.48. The van der Waals surface area contributed by atoms with Crippen molar-refractivity contribution in [3.63, 3.8) is 0 Å². The highest BCUT2D eigenvalue weighted by Gasteiger charge is 2.34. The van der Waals surface area contributed by atoms with Crippen LogP contribution in [0.4, 0.5) is 4.39 Å². The number of benzene rings is 1. The molecule has 5 heteroatoms. The molecule has 2 N–H and O–H groups in total. The molecule has 0 aliphatic carbocycles. The molecule has 0 bridgehead atoms. The predicted molar refractivity (Wildman–Crippen MR) is 67.4 cm³/mol. The van der Waals surface area contributed by atoms with Crippen LogP contribution < -0.4 is 5.32 Å². The zero-order chi connectivity index (χ0) is 13.1. The second-order valence-corrected chi connectivity index (χ2v) is 4.84. The van der Waals surface area contributed by atoms with Gasteiger partial charge in [0.05, 0.1) is 4.47 Å². The molecule has 0 radical (unpaired) electrons. The first-order valence-corrected chi connectivity index (χ1v) is 6.15. The fraction of sp³-hybridized carbons (Fsp3) is 0.417. The van der Waals surface area contributed by atoms with E-state index in [4.69, 9.17) is 0 Å². The van der Waals surface area contributed by atoms with E-state index >= 15 is 0 Å². The van der Waals surface area contributed by atoms with Gasteiger partial charge in [0.25, 0.3) is 0 Å². The molecule has 1 unspecified atom stereocenters. The highest BCUT2D eigenvalue weighted by Crippen LogP contribution is 2.26. The van der Waals surface area contributed by atoms with Crippen LogP contribution in [-0.4, -0.2) is 17.6 Å². The summed E-state index contributed by atoms with van der Waals surface area (Å²) in [7, 11) is 0. The van der Waals surface area contributed by atoms with E-state index in [9.17, 15) is 14.3 Å². The lowest BCUT2D eigenvalue weighted by atomic mass is 9.92. The Morgan fingerprint density at radius 1 is 1.59 bits per heavy atom. The Balaban J connectivity index is 3.13. The molecule has 3 nitrogen and oxygen atoms in total. The van der Waals surface area contributed by atoms with Crippen LogP contribution in [0.2, 0.25) is 0 Å². The molecular weight excluding hydrogens is 289 g/mol. The van der Waals surface area contributed by atoms with Crippen molar-refractivity contribution in [2.45, 2.75) is 25.8 Å². The Bertz CT molecular complexity index is 425. The normalized spacial score (nSPS) is 14.4. The molecule has 1 aromatic carbocycles. The van der Waals surface area contributed by atoms with Crippen LogP contribution in [-0.2, 0) is 10.3 Å². The lowest BCUT2D eigenvalue weighted by Crippen LogP contribution is -2.47. The summed E-state index contributed by atoms with van der Waals surface area (Å²) in [6, 6.07) is 4.23. The first-order chi connectivity index (χ1) is 7.91. The summed E-state index contributed by atoms with van der Waals surface area (Å²) in [6.45, 7) is 4.11. The van der Waals surface area contributed by atoms with Gasteiger partial charge in [-0.1, -0.05) is 13.0 Å². The number of carboxylic acids is 1. The number of carbonyl (C=O) groups is 1. The number of halogens is 2. The average Bonchev–Trinajstić information content (AvgIpc) is 2.29. The van der Waals surface area contributed by atoms with Crippen LogP contribution >= 0.6 is 15.9 Å². The molecule has 0 heterocycles. The highest BCUT2D eigenvalue weighted by molar-refractivity contribution is 9.10. The van der Waals surface area contributed by atoms with E-state index < -0.39 is 17.3 Å². The molecular formula is C12H15BrFNO2. The summed E-state index contributed by atoms with van der Waals surface area (Å²) in [5.41, 5.74) is -0.682. The summed E-state index contributed by atoms with van der Waals surface area (Å²) in [5.74, 6) is -1.39. The quantitative estimate of drug-likeness (QED) is 0.879. The summed E-state index contributed by atoms with van der Waals surface area (Å²) >= 11 is 3.06. The van der Waals surface area contributed by atoms with Crippen LogP contribution in [0.1, 0.15) is 25.8 Å². The van der Waals surface area contributed by atoms with Crippen molar-refractivity contribution in [2.75, 3.05) is 6.54 Å². The molecule has 0 saturated carbocycles. The second-order valence-electron chi connectivity index (χ2n) is 3.99. The van der Waals surface area contributed by atoms with Crippen molar-refractivity contribution in [2.24, 2.45) is 0 Å². The molecule has 0 aliphatic heterocycles. The monoisotopic (exact) mass is 303 g/mol. The molecule has 0 saturated heterocycles. The Labute approximate surface area is 108 Å². The second kappa shape index (κ2) is 5.60. The van der Waals surface area contributed by atoms with Crippen molar-refractivity contribution < 1.29 is 14.3 Å².